The van der Waals surface area contributed by atoms with Gasteiger partial charge in [-0.05, 0) is 61.9 Å². The molecular weight excluding hydrogens is 444 g/mol. The summed E-state index contributed by atoms with van der Waals surface area (Å²) in [6, 6.07) is 13.0. The second-order valence-electron chi connectivity index (χ2n) is 6.98. The molecule has 0 saturated carbocycles. The van der Waals surface area contributed by atoms with E-state index < -0.39 is 24.2 Å². The lowest BCUT2D eigenvalue weighted by Gasteiger charge is -2.25. The molecule has 2 aromatic carbocycles. The van der Waals surface area contributed by atoms with E-state index in [1.165, 1.54) is 18.5 Å². The molecule has 0 fully saturated rings. The van der Waals surface area contributed by atoms with Gasteiger partial charge in [0.2, 0.25) is 0 Å². The van der Waals surface area contributed by atoms with Gasteiger partial charge in [-0.3, -0.25) is 20.1 Å². The van der Waals surface area contributed by atoms with Gasteiger partial charge < -0.3 is 19.3 Å². The number of aliphatic hydroxyl groups excluding tert-OH is 1. The van der Waals surface area contributed by atoms with Crippen LogP contribution in [0.3, 0.4) is 0 Å². The molecule has 0 saturated heterocycles. The van der Waals surface area contributed by atoms with E-state index >= 15 is 0 Å². The van der Waals surface area contributed by atoms with Crippen LogP contribution >= 0.6 is 0 Å². The highest BCUT2D eigenvalue weighted by atomic mass is 16.6. The number of Topliss-reactive ketones (excluding diaryl/α,β-unsaturated/α-hetero) is 1. The Balaban J connectivity index is 2.31. The zero-order valence-electron chi connectivity index (χ0n) is 18.9. The highest BCUT2D eigenvalue weighted by molar-refractivity contribution is 5.95. The van der Waals surface area contributed by atoms with E-state index in [1.807, 2.05) is 0 Å². The summed E-state index contributed by atoms with van der Waals surface area (Å²) in [6.07, 6.45) is -0.276. The minimum Gasteiger partial charge on any atom is -0.491 e. The Hall–Kier alpha value is -3.73. The van der Waals surface area contributed by atoms with Gasteiger partial charge in [-0.2, -0.15) is 0 Å². The molecule has 2 amide bonds. The van der Waals surface area contributed by atoms with Crippen LogP contribution in [0.4, 0.5) is 10.5 Å². The third kappa shape index (κ3) is 8.32. The van der Waals surface area contributed by atoms with Crippen molar-refractivity contribution in [1.82, 2.24) is 5.48 Å². The summed E-state index contributed by atoms with van der Waals surface area (Å²) in [7, 11) is 0. The summed E-state index contributed by atoms with van der Waals surface area (Å²) in [5.74, 6) is -0.443. The molecule has 0 aliphatic rings. The first-order chi connectivity index (χ1) is 16.4. The average molecular weight is 472 g/mol. The van der Waals surface area contributed by atoms with Crippen molar-refractivity contribution in [2.24, 2.45) is 0 Å². The number of nitrogens with one attached hydrogen (secondary N) is 2. The first-order valence-corrected chi connectivity index (χ1v) is 10.5. The minimum absolute atomic E-state index is 0.0805. The van der Waals surface area contributed by atoms with Gasteiger partial charge in [0, 0.05) is 23.9 Å². The molecule has 0 spiro atoms. The van der Waals surface area contributed by atoms with Gasteiger partial charge >= 0.3 is 6.09 Å². The van der Waals surface area contributed by atoms with Gasteiger partial charge in [0.15, 0.2) is 11.9 Å². The third-order valence-corrected chi connectivity index (χ3v) is 4.52. The number of carbonyl (C=O) groups excluding carboxylic acids is 3. The number of amides is 2. The second-order valence-corrected chi connectivity index (χ2v) is 6.98. The molecule has 0 aliphatic heterocycles. The first-order valence-electron chi connectivity index (χ1n) is 10.5. The summed E-state index contributed by atoms with van der Waals surface area (Å²) in [6.45, 7) is 3.33. The molecule has 34 heavy (non-hydrogen) atoms. The van der Waals surface area contributed by atoms with Crippen molar-refractivity contribution in [2.45, 2.75) is 26.1 Å². The molecule has 0 unspecified atom stereocenters. The largest absolute Gasteiger partial charge is 0.491 e. The van der Waals surface area contributed by atoms with E-state index in [-0.39, 0.29) is 25.6 Å². The third-order valence-electron chi connectivity index (χ3n) is 4.52. The summed E-state index contributed by atoms with van der Waals surface area (Å²) in [4.78, 5) is 35.7. The molecule has 0 bridgehead atoms. The molecule has 10 heteroatoms. The first kappa shape index (κ1) is 26.5. The number of rotatable bonds is 12. The molecule has 0 aromatic heterocycles. The van der Waals surface area contributed by atoms with Crippen molar-refractivity contribution in [3.05, 3.63) is 71.8 Å². The summed E-state index contributed by atoms with van der Waals surface area (Å²) in [5, 5.41) is 20.4. The van der Waals surface area contributed by atoms with Crippen LogP contribution in [0.5, 0.6) is 5.75 Å². The highest BCUT2D eigenvalue weighted by Crippen LogP contribution is 2.28. The Morgan fingerprint density at radius 2 is 1.85 bits per heavy atom. The molecule has 2 rings (SSSR count). The molecular formula is C24H28N2O8. The van der Waals surface area contributed by atoms with E-state index in [9.17, 15) is 14.4 Å². The van der Waals surface area contributed by atoms with Gasteiger partial charge in [-0.15, -0.1) is 0 Å². The lowest BCUT2D eigenvalue weighted by molar-refractivity contribution is -0.124. The standard InChI is InChI=1S/C24H28N2O8/c1-3-32-21(11-12-22(29)26-31)23(18-5-4-6-20(15-18)33-14-13-27)34-24(30)25-19-9-7-17(8-10-19)16(2)28/h4-12,15,21,23,27,31H,3,13-14H2,1-2H3,(H,25,30)(H,26,29)/b12-11+/t21-,23-/m0/s1. The van der Waals surface area contributed by atoms with Gasteiger partial charge in [-0.1, -0.05) is 12.1 Å². The number of ether oxygens (including phenoxy) is 3. The maximum Gasteiger partial charge on any atom is 0.412 e. The fourth-order valence-corrected chi connectivity index (χ4v) is 2.98. The lowest BCUT2D eigenvalue weighted by Crippen LogP contribution is -2.28. The van der Waals surface area contributed by atoms with Crippen molar-refractivity contribution in [2.75, 3.05) is 25.1 Å². The Labute approximate surface area is 197 Å². The van der Waals surface area contributed by atoms with E-state index in [2.05, 4.69) is 5.32 Å². The number of anilines is 1. The van der Waals surface area contributed by atoms with Crippen LogP contribution in [0.1, 0.15) is 35.9 Å². The van der Waals surface area contributed by atoms with Gasteiger partial charge in [0.05, 0.1) is 6.61 Å². The van der Waals surface area contributed by atoms with Crippen molar-refractivity contribution in [1.29, 1.82) is 0 Å². The molecule has 4 N–H and O–H groups in total. The molecule has 0 heterocycles. The number of ketones is 1. The fraction of sp³-hybridized carbons (Fsp3) is 0.292. The van der Waals surface area contributed by atoms with Crippen molar-refractivity contribution in [3.8, 4) is 5.75 Å². The Morgan fingerprint density at radius 1 is 1.12 bits per heavy atom. The molecule has 0 aliphatic carbocycles. The quantitative estimate of drug-likeness (QED) is 0.160. The zero-order valence-corrected chi connectivity index (χ0v) is 18.9. The van der Waals surface area contributed by atoms with Crippen LogP contribution in [0.25, 0.3) is 0 Å². The summed E-state index contributed by atoms with van der Waals surface area (Å²) < 4.78 is 16.8. The average Bonchev–Trinajstić information content (AvgIpc) is 2.84. The predicted octanol–water partition coefficient (Wildman–Crippen LogP) is 3.02. The van der Waals surface area contributed by atoms with Crippen LogP contribution in [0, 0.1) is 0 Å². The van der Waals surface area contributed by atoms with E-state index in [0.717, 1.165) is 6.08 Å². The Bertz CT molecular complexity index is 991. The van der Waals surface area contributed by atoms with Gasteiger partial charge in [-0.25, -0.2) is 10.3 Å². The molecule has 10 nitrogen and oxygen atoms in total. The number of hydrogen-bond acceptors (Lipinski definition) is 8. The number of carbonyl (C=O) groups is 3. The van der Waals surface area contributed by atoms with Crippen molar-refractivity contribution >= 4 is 23.5 Å². The molecule has 182 valence electrons. The van der Waals surface area contributed by atoms with E-state index in [4.69, 9.17) is 24.5 Å². The Kier molecular flexibility index (Phi) is 10.7. The smallest absolute Gasteiger partial charge is 0.412 e. The number of hydrogen-bond donors (Lipinski definition) is 4. The van der Waals surface area contributed by atoms with Gasteiger partial charge in [0.1, 0.15) is 18.5 Å². The van der Waals surface area contributed by atoms with Crippen LogP contribution in [0.15, 0.2) is 60.7 Å². The fourth-order valence-electron chi connectivity index (χ4n) is 2.98. The van der Waals surface area contributed by atoms with Crippen molar-refractivity contribution in [3.63, 3.8) is 0 Å². The predicted molar refractivity (Wildman–Crippen MR) is 123 cm³/mol. The summed E-state index contributed by atoms with van der Waals surface area (Å²) >= 11 is 0. The normalized spacial score (nSPS) is 12.6. The van der Waals surface area contributed by atoms with E-state index in [1.54, 1.807) is 55.5 Å². The van der Waals surface area contributed by atoms with E-state index in [0.29, 0.717) is 22.6 Å². The zero-order chi connectivity index (χ0) is 24.9. The number of aliphatic hydroxyl groups is 1. The molecule has 0 radical (unpaired) electrons. The van der Waals surface area contributed by atoms with Gasteiger partial charge in [0.25, 0.3) is 5.91 Å². The molecule has 2 aromatic rings. The van der Waals surface area contributed by atoms with Crippen LogP contribution in [-0.4, -0.2) is 54.0 Å². The van der Waals surface area contributed by atoms with Crippen molar-refractivity contribution < 1.29 is 38.9 Å². The van der Waals surface area contributed by atoms with Crippen LogP contribution < -0.4 is 15.5 Å². The van der Waals surface area contributed by atoms with Crippen LogP contribution in [-0.2, 0) is 14.3 Å². The molecule has 2 atom stereocenters. The monoisotopic (exact) mass is 472 g/mol. The maximum atomic E-state index is 12.7. The lowest BCUT2D eigenvalue weighted by atomic mass is 10.0. The maximum absolute atomic E-state index is 12.7. The minimum atomic E-state index is -1.00. The SMILES string of the molecule is CCO[C@@H](/C=C/C(=O)NO)[C@@H](OC(=O)Nc1ccc(C(C)=O)cc1)c1cccc(OCCO)c1. The number of hydroxylamine groups is 1. The Morgan fingerprint density at radius 3 is 2.47 bits per heavy atom. The number of benzene rings is 2. The summed E-state index contributed by atoms with van der Waals surface area (Å²) in [5.41, 5.74) is 2.91. The highest BCUT2D eigenvalue weighted by Gasteiger charge is 2.27. The topological polar surface area (TPSA) is 143 Å². The second kappa shape index (κ2) is 13.7. The van der Waals surface area contributed by atoms with Crippen LogP contribution in [0.2, 0.25) is 0 Å².